The minimum absolute atomic E-state index is 0.192. The van der Waals surface area contributed by atoms with Gasteiger partial charge in [-0.25, -0.2) is 0 Å². The number of allylic oxidation sites excluding steroid dienone is 1. The fourth-order valence-electron chi connectivity index (χ4n) is 3.36. The van der Waals surface area contributed by atoms with Gasteiger partial charge in [-0.2, -0.15) is 0 Å². The van der Waals surface area contributed by atoms with Crippen LogP contribution in [0.4, 0.5) is 11.4 Å². The highest BCUT2D eigenvalue weighted by Crippen LogP contribution is 2.35. The molecule has 9 heteroatoms. The van der Waals surface area contributed by atoms with Crippen LogP contribution in [0.5, 0.6) is 23.0 Å². The summed E-state index contributed by atoms with van der Waals surface area (Å²) in [6, 6.07) is 15.1. The summed E-state index contributed by atoms with van der Waals surface area (Å²) >= 11 is 5.87. The van der Waals surface area contributed by atoms with E-state index in [2.05, 4.69) is 10.6 Å². The average Bonchev–Trinajstić information content (AvgIpc) is 2.91. The Balaban J connectivity index is 1.72. The highest BCUT2D eigenvalue weighted by Gasteiger charge is 2.12. The van der Waals surface area contributed by atoms with Crippen LogP contribution >= 0.6 is 11.6 Å². The number of ketones is 1. The number of methoxy groups -OCH3 is 4. The summed E-state index contributed by atoms with van der Waals surface area (Å²) in [5.74, 6) is 1.53. The summed E-state index contributed by atoms with van der Waals surface area (Å²) in [4.78, 5) is 25.0. The third-order valence-corrected chi connectivity index (χ3v) is 5.48. The zero-order valence-corrected chi connectivity index (χ0v) is 21.6. The van der Waals surface area contributed by atoms with E-state index in [-0.39, 0.29) is 11.7 Å². The molecule has 2 N–H and O–H groups in total. The average molecular weight is 523 g/mol. The fraction of sp³-hybridized carbons (Fsp3) is 0.143. The quantitative estimate of drug-likeness (QED) is 0.241. The maximum absolute atomic E-state index is 12.6. The number of hydrogen-bond donors (Lipinski definition) is 2. The van der Waals surface area contributed by atoms with Gasteiger partial charge in [0.15, 0.2) is 5.78 Å². The molecule has 0 spiro atoms. The Morgan fingerprint density at radius 2 is 1.43 bits per heavy atom. The summed E-state index contributed by atoms with van der Waals surface area (Å²) in [7, 11) is 6.12. The van der Waals surface area contributed by atoms with Gasteiger partial charge in [-0.3, -0.25) is 9.59 Å². The first kappa shape index (κ1) is 27.2. The van der Waals surface area contributed by atoms with E-state index in [4.69, 9.17) is 30.5 Å². The van der Waals surface area contributed by atoms with Gasteiger partial charge < -0.3 is 29.6 Å². The van der Waals surface area contributed by atoms with Gasteiger partial charge in [0, 0.05) is 46.8 Å². The zero-order valence-electron chi connectivity index (χ0n) is 20.8. The van der Waals surface area contributed by atoms with Gasteiger partial charge in [0.25, 0.3) is 0 Å². The van der Waals surface area contributed by atoms with Crippen molar-refractivity contribution in [2.24, 2.45) is 0 Å². The molecule has 0 aromatic heterocycles. The number of carbonyl (C=O) groups excluding carboxylic acids is 2. The number of anilines is 2. The number of hydrogen-bond acceptors (Lipinski definition) is 7. The molecule has 8 nitrogen and oxygen atoms in total. The van der Waals surface area contributed by atoms with Crippen LogP contribution in [0.2, 0.25) is 5.02 Å². The van der Waals surface area contributed by atoms with E-state index in [1.54, 1.807) is 67.8 Å². The highest BCUT2D eigenvalue weighted by molar-refractivity contribution is 6.30. The summed E-state index contributed by atoms with van der Waals surface area (Å²) in [5.41, 5.74) is 2.17. The second-order valence-electron chi connectivity index (χ2n) is 7.53. The van der Waals surface area contributed by atoms with Crippen LogP contribution in [-0.2, 0) is 4.79 Å². The van der Waals surface area contributed by atoms with Gasteiger partial charge in [-0.15, -0.1) is 0 Å². The third-order valence-electron chi connectivity index (χ3n) is 5.22. The topological polar surface area (TPSA) is 95.1 Å². The Kier molecular flexibility index (Phi) is 9.57. The van der Waals surface area contributed by atoms with Crippen molar-refractivity contribution in [1.82, 2.24) is 0 Å². The lowest BCUT2D eigenvalue weighted by atomic mass is 10.1. The first-order valence-electron chi connectivity index (χ1n) is 11.1. The van der Waals surface area contributed by atoms with Crippen molar-refractivity contribution in [2.75, 3.05) is 39.1 Å². The minimum atomic E-state index is -0.371. The molecule has 37 heavy (non-hydrogen) atoms. The van der Waals surface area contributed by atoms with E-state index in [0.717, 1.165) is 0 Å². The van der Waals surface area contributed by atoms with Crippen molar-refractivity contribution in [3.05, 3.63) is 89.1 Å². The summed E-state index contributed by atoms with van der Waals surface area (Å²) in [6.45, 7) is 0. The van der Waals surface area contributed by atoms with Crippen LogP contribution < -0.4 is 29.6 Å². The molecule has 0 heterocycles. The number of halogens is 1. The molecule has 3 aromatic carbocycles. The number of ether oxygens (including phenoxy) is 4. The number of amides is 1. The molecule has 0 aliphatic heterocycles. The molecule has 1 amide bonds. The van der Waals surface area contributed by atoms with Crippen LogP contribution in [0.25, 0.3) is 6.08 Å². The van der Waals surface area contributed by atoms with Crippen LogP contribution in [0, 0.1) is 0 Å². The monoisotopic (exact) mass is 522 g/mol. The Hall–Kier alpha value is -4.43. The molecule has 0 bridgehead atoms. The lowest BCUT2D eigenvalue weighted by Gasteiger charge is -2.13. The van der Waals surface area contributed by atoms with Crippen molar-refractivity contribution in [3.8, 4) is 23.0 Å². The van der Waals surface area contributed by atoms with Crippen molar-refractivity contribution < 1.29 is 28.5 Å². The second-order valence-corrected chi connectivity index (χ2v) is 7.97. The standard InChI is InChI=1S/C28H27ClN2O6/c1-34-21-16-26(36-3)22(27(17-21)37-4)10-12-28(33)31-20-9-11-25(35-2)23(15-20)30-14-13-24(32)18-5-7-19(29)8-6-18/h5-17,30H,1-4H3,(H,31,33)/b12-10+,14-13+. The zero-order chi connectivity index (χ0) is 26.8. The van der Waals surface area contributed by atoms with Crippen LogP contribution in [-0.4, -0.2) is 40.1 Å². The Morgan fingerprint density at radius 1 is 0.784 bits per heavy atom. The summed E-state index contributed by atoms with van der Waals surface area (Å²) in [6.07, 6.45) is 5.87. The molecule has 0 atom stereocenters. The highest BCUT2D eigenvalue weighted by atomic mass is 35.5. The number of carbonyl (C=O) groups is 2. The Morgan fingerprint density at radius 3 is 2.03 bits per heavy atom. The van der Waals surface area contributed by atoms with Crippen molar-refractivity contribution >= 4 is 40.7 Å². The molecule has 192 valence electrons. The number of rotatable bonds is 11. The predicted molar refractivity (Wildman–Crippen MR) is 145 cm³/mol. The lowest BCUT2D eigenvalue weighted by molar-refractivity contribution is -0.111. The van der Waals surface area contributed by atoms with Crippen molar-refractivity contribution in [1.29, 1.82) is 0 Å². The SMILES string of the molecule is COc1cc(OC)c(/C=C/C(=O)Nc2ccc(OC)c(N/C=C/C(=O)c3ccc(Cl)cc3)c2)c(OC)c1. The normalized spacial score (nSPS) is 10.8. The molecule has 3 rings (SSSR count). The predicted octanol–water partition coefficient (Wildman–Crippen LogP) is 5.83. The first-order chi connectivity index (χ1) is 17.9. The van der Waals surface area contributed by atoms with Gasteiger partial charge in [-0.05, 0) is 48.5 Å². The summed E-state index contributed by atoms with van der Waals surface area (Å²) < 4.78 is 21.4. The molecule has 0 aliphatic carbocycles. The minimum Gasteiger partial charge on any atom is -0.496 e. The van der Waals surface area contributed by atoms with Crippen LogP contribution in [0.3, 0.4) is 0 Å². The number of nitrogens with one attached hydrogen (secondary N) is 2. The maximum atomic E-state index is 12.6. The van der Waals surface area contributed by atoms with E-state index in [9.17, 15) is 9.59 Å². The smallest absolute Gasteiger partial charge is 0.248 e. The van der Waals surface area contributed by atoms with Gasteiger partial charge in [0.05, 0.1) is 39.7 Å². The molecule has 0 saturated carbocycles. The number of benzene rings is 3. The molecule has 0 fully saturated rings. The molecule has 0 saturated heterocycles. The first-order valence-corrected chi connectivity index (χ1v) is 11.5. The fourth-order valence-corrected chi connectivity index (χ4v) is 3.48. The lowest BCUT2D eigenvalue weighted by Crippen LogP contribution is -2.08. The van der Waals surface area contributed by atoms with E-state index in [1.165, 1.54) is 39.7 Å². The molecule has 0 unspecified atom stereocenters. The van der Waals surface area contributed by atoms with Gasteiger partial charge in [-0.1, -0.05) is 11.6 Å². The van der Waals surface area contributed by atoms with Crippen molar-refractivity contribution in [2.45, 2.75) is 0 Å². The van der Waals surface area contributed by atoms with E-state index in [1.807, 2.05) is 0 Å². The van der Waals surface area contributed by atoms with E-state index in [0.29, 0.717) is 50.5 Å². The van der Waals surface area contributed by atoms with Gasteiger partial charge >= 0.3 is 0 Å². The van der Waals surface area contributed by atoms with Crippen molar-refractivity contribution in [3.63, 3.8) is 0 Å². The second kappa shape index (κ2) is 13.0. The van der Waals surface area contributed by atoms with E-state index < -0.39 is 0 Å². The van der Waals surface area contributed by atoms with E-state index >= 15 is 0 Å². The maximum Gasteiger partial charge on any atom is 0.248 e. The molecular weight excluding hydrogens is 496 g/mol. The van der Waals surface area contributed by atoms with Gasteiger partial charge in [0.2, 0.25) is 5.91 Å². The molecule has 0 radical (unpaired) electrons. The van der Waals surface area contributed by atoms with Crippen LogP contribution in [0.15, 0.2) is 72.9 Å². The van der Waals surface area contributed by atoms with Crippen LogP contribution in [0.1, 0.15) is 15.9 Å². The van der Waals surface area contributed by atoms with Gasteiger partial charge in [0.1, 0.15) is 23.0 Å². The molecule has 0 aliphatic rings. The molecular formula is C28H27ClN2O6. The summed E-state index contributed by atoms with van der Waals surface area (Å²) in [5, 5.41) is 6.38. The largest absolute Gasteiger partial charge is 0.496 e. The molecule has 3 aromatic rings. The third kappa shape index (κ3) is 7.28. The Bertz CT molecular complexity index is 1290. The Labute approximate surface area is 220 Å².